The van der Waals surface area contributed by atoms with Crippen LogP contribution in [0.15, 0.2) is 109 Å². The number of pyridine rings is 2. The second kappa shape index (κ2) is 20.5. The van der Waals surface area contributed by atoms with Crippen LogP contribution in [0.25, 0.3) is 22.3 Å². The van der Waals surface area contributed by atoms with Gasteiger partial charge in [-0.2, -0.15) is 31.0 Å². The lowest BCUT2D eigenvalue weighted by Gasteiger charge is -2.53. The number of nitrogens with zero attached hydrogens (tertiary/aromatic N) is 8. The van der Waals surface area contributed by atoms with Crippen LogP contribution in [0.3, 0.4) is 0 Å². The Morgan fingerprint density at radius 3 is 1.29 bits per heavy atom. The Balaban J connectivity index is 0.000000192. The number of halogens is 6. The molecule has 0 spiro atoms. The number of aromatic nitrogens is 2. The molecule has 0 aliphatic carbocycles. The van der Waals surface area contributed by atoms with Crippen molar-refractivity contribution in [3.63, 3.8) is 0 Å². The summed E-state index contributed by atoms with van der Waals surface area (Å²) in [5.41, 5.74) is 3.55. The number of alkyl halides is 6. The Labute approximate surface area is 456 Å². The SMILES string of the molecule is Cc1cc(C(F)(F)F)cc(C2(C)C(=O)N(c3c[n+]([O-])c(N4CCN(C)CC4)cc3-c3ccccc3C)C2C)c1.Cc1cc(C(F)(F)F)cc(C2(C)C(=O)N(c3c[n+]([O-])c(N4CC[N+](C)(O)CC4)cc3-c3ccccc3C)C2C)c1. The first-order valence-corrected chi connectivity index (χ1v) is 26.4. The summed E-state index contributed by atoms with van der Waals surface area (Å²) in [5, 5.41) is 37.1. The maximum Gasteiger partial charge on any atom is 0.416 e. The number of β-lactam (4-membered cyclic amide) rings is 2. The number of benzene rings is 4. The van der Waals surface area contributed by atoms with E-state index in [2.05, 4.69) is 9.80 Å². The van der Waals surface area contributed by atoms with E-state index >= 15 is 0 Å². The van der Waals surface area contributed by atoms with Crippen LogP contribution >= 0.6 is 0 Å². The molecule has 13 nitrogen and oxygen atoms in total. The first-order valence-electron chi connectivity index (χ1n) is 26.4. The van der Waals surface area contributed by atoms with Crippen LogP contribution in [0, 0.1) is 38.1 Å². The second-order valence-electron chi connectivity index (χ2n) is 22.5. The van der Waals surface area contributed by atoms with Crippen molar-refractivity contribution >= 4 is 34.8 Å². The Hall–Kier alpha value is -7.22. The number of piperazine rings is 2. The van der Waals surface area contributed by atoms with Gasteiger partial charge in [0.15, 0.2) is 0 Å². The van der Waals surface area contributed by atoms with Gasteiger partial charge in [0, 0.05) is 36.3 Å². The average Bonchev–Trinajstić information content (AvgIpc) is 3.40. The Bertz CT molecular complexity index is 3350. The fourth-order valence-corrected chi connectivity index (χ4v) is 11.7. The number of carbonyl (C=O) groups excluding carboxylic acids is 2. The second-order valence-corrected chi connectivity index (χ2v) is 22.5. The molecule has 4 unspecified atom stereocenters. The summed E-state index contributed by atoms with van der Waals surface area (Å²) in [7, 11) is 3.77. The number of hydrogen-bond donors (Lipinski definition) is 1. The van der Waals surface area contributed by atoms with E-state index in [0.717, 1.165) is 74.6 Å². The zero-order chi connectivity index (χ0) is 57.5. The number of rotatable bonds is 8. The van der Waals surface area contributed by atoms with Crippen LogP contribution in [-0.2, 0) is 32.8 Å². The summed E-state index contributed by atoms with van der Waals surface area (Å²) in [6.45, 7) is 19.0. The van der Waals surface area contributed by atoms with E-state index in [0.29, 0.717) is 90.1 Å². The number of quaternary nitrogens is 1. The number of hydroxylamine groups is 3. The van der Waals surface area contributed by atoms with Gasteiger partial charge in [-0.1, -0.05) is 71.8 Å². The quantitative estimate of drug-likeness (QED) is 0.0526. The largest absolute Gasteiger partial charge is 0.711 e. The van der Waals surface area contributed by atoms with Crippen molar-refractivity contribution < 1.29 is 55.2 Å². The van der Waals surface area contributed by atoms with Gasteiger partial charge < -0.3 is 20.2 Å². The van der Waals surface area contributed by atoms with E-state index in [4.69, 9.17) is 0 Å². The molecule has 1 N–H and O–H groups in total. The van der Waals surface area contributed by atoms with Crippen molar-refractivity contribution in [2.24, 2.45) is 0 Å². The zero-order valence-corrected chi connectivity index (χ0v) is 46.1. The van der Waals surface area contributed by atoms with Crippen LogP contribution in [-0.4, -0.2) is 105 Å². The Morgan fingerprint density at radius 1 is 0.570 bits per heavy atom. The van der Waals surface area contributed by atoms with Crippen molar-refractivity contribution in [3.05, 3.63) is 164 Å². The highest BCUT2D eigenvalue weighted by atomic mass is 19.4. The van der Waals surface area contributed by atoms with Gasteiger partial charge in [-0.3, -0.25) is 19.4 Å². The highest BCUT2D eigenvalue weighted by molar-refractivity contribution is 6.12. The zero-order valence-electron chi connectivity index (χ0n) is 46.1. The monoisotopic (exact) mass is 1090 g/mol. The van der Waals surface area contributed by atoms with E-state index in [-0.39, 0.29) is 16.5 Å². The molecule has 4 saturated heterocycles. The van der Waals surface area contributed by atoms with Crippen molar-refractivity contribution in [3.8, 4) is 22.3 Å². The predicted octanol–water partition coefficient (Wildman–Crippen LogP) is 10.0. The molecule has 0 saturated carbocycles. The van der Waals surface area contributed by atoms with Crippen LogP contribution in [0.5, 0.6) is 0 Å². The van der Waals surface area contributed by atoms with Gasteiger partial charge in [0.2, 0.25) is 11.8 Å². The minimum absolute atomic E-state index is 0.120. The van der Waals surface area contributed by atoms with Crippen molar-refractivity contribution in [2.75, 3.05) is 86.1 Å². The Kier molecular flexibility index (Phi) is 14.6. The molecule has 4 fully saturated rings. The number of hydrogen-bond acceptors (Lipinski definition) is 8. The molecule has 4 aromatic carbocycles. The number of aryl methyl sites for hydroxylation is 4. The van der Waals surface area contributed by atoms with E-state index in [1.165, 1.54) is 17.3 Å². The first kappa shape index (κ1) is 56.5. The molecular weight excluding hydrogens is 1030 g/mol. The Morgan fingerprint density at radius 2 is 0.937 bits per heavy atom. The van der Waals surface area contributed by atoms with E-state index in [1.54, 1.807) is 64.8 Å². The number of amides is 2. The van der Waals surface area contributed by atoms with Crippen LogP contribution < -0.4 is 29.1 Å². The number of anilines is 4. The lowest BCUT2D eigenvalue weighted by atomic mass is 9.67. The molecule has 4 aliphatic heterocycles. The molecule has 4 aliphatic rings. The smallest absolute Gasteiger partial charge is 0.416 e. The summed E-state index contributed by atoms with van der Waals surface area (Å²) >= 11 is 0. The molecule has 6 heterocycles. The molecule has 19 heteroatoms. The molecule has 6 aromatic rings. The highest BCUT2D eigenvalue weighted by Gasteiger charge is 2.59. The maximum absolute atomic E-state index is 13.9. The topological polar surface area (TPSA) is 124 Å². The molecule has 2 aromatic heterocycles. The van der Waals surface area contributed by atoms with Crippen LogP contribution in [0.4, 0.5) is 49.4 Å². The van der Waals surface area contributed by atoms with Gasteiger partial charge in [-0.15, -0.1) is 0 Å². The predicted molar refractivity (Wildman–Crippen MR) is 292 cm³/mol. The number of likely N-dealkylation sites (N-methyl/N-ethyl adjacent to an activating group) is 2. The summed E-state index contributed by atoms with van der Waals surface area (Å²) < 4.78 is 83.0. The van der Waals surface area contributed by atoms with Gasteiger partial charge in [-0.05, 0) is 120 Å². The van der Waals surface area contributed by atoms with Gasteiger partial charge in [-0.25, -0.2) is 19.6 Å². The molecule has 0 bridgehead atoms. The lowest BCUT2D eigenvalue weighted by molar-refractivity contribution is -1.09. The summed E-state index contributed by atoms with van der Waals surface area (Å²) in [5.74, 6) is 0.226. The maximum atomic E-state index is 13.9. The fraction of sp³-hybridized carbons (Fsp3) is 0.400. The minimum atomic E-state index is -4.53. The average molecular weight is 1090 g/mol. The molecule has 4 atom stereocenters. The van der Waals surface area contributed by atoms with Gasteiger partial charge in [0.25, 0.3) is 11.6 Å². The van der Waals surface area contributed by atoms with E-state index in [9.17, 15) is 51.6 Å². The summed E-state index contributed by atoms with van der Waals surface area (Å²) in [6.07, 6.45) is -6.21. The molecule has 0 radical (unpaired) electrons. The van der Waals surface area contributed by atoms with Gasteiger partial charge in [0.05, 0.1) is 65.6 Å². The van der Waals surface area contributed by atoms with Crippen molar-refractivity contribution in [2.45, 2.75) is 90.7 Å². The summed E-state index contributed by atoms with van der Waals surface area (Å²) in [6, 6.07) is 25.7. The van der Waals surface area contributed by atoms with Crippen molar-refractivity contribution in [1.29, 1.82) is 0 Å². The molecule has 79 heavy (non-hydrogen) atoms. The molecular formula is C60H67F6N8O5+. The minimum Gasteiger partial charge on any atom is -0.711 e. The normalized spacial score (nSPS) is 22.5. The third kappa shape index (κ3) is 10.2. The number of carbonyl (C=O) groups is 2. The molecule has 2 amide bonds. The van der Waals surface area contributed by atoms with Crippen molar-refractivity contribution in [1.82, 2.24) is 4.90 Å². The van der Waals surface area contributed by atoms with Crippen LogP contribution in [0.2, 0.25) is 0 Å². The third-order valence-corrected chi connectivity index (χ3v) is 17.1. The van der Waals surface area contributed by atoms with Gasteiger partial charge in [0.1, 0.15) is 38.6 Å². The van der Waals surface area contributed by atoms with Gasteiger partial charge >= 0.3 is 12.4 Å². The lowest BCUT2D eigenvalue weighted by Crippen LogP contribution is -2.70. The fourth-order valence-electron chi connectivity index (χ4n) is 11.7. The first-order chi connectivity index (χ1) is 36.9. The third-order valence-electron chi connectivity index (χ3n) is 17.1. The standard InChI is InChI=1S/C30H34F3N4O3.C30H33F3N4O2/c1-19-14-22(16-23(15-19)30(31,32)33)29(4)21(3)36(28(29)38)26-18-35(39)27(34-10-12-37(5,40)13-11-34)17-25(26)24-9-7-6-8-20(24)2;1-19-14-22(16-23(15-19)30(31,32)33)29(4)21(3)37(28(29)38)26-18-36(39)27(35-12-10-34(5)11-13-35)17-25(26)24-9-7-6-8-20(24)2/h6-9,14-18,21,40H,10-13H2,1-5H3;6-9,14-18,21H,10-13H2,1-5H3/q+1;. The van der Waals surface area contributed by atoms with Crippen LogP contribution in [0.1, 0.15) is 72.2 Å². The molecule has 418 valence electrons. The summed E-state index contributed by atoms with van der Waals surface area (Å²) in [4.78, 5) is 37.0. The molecule has 10 rings (SSSR count). The van der Waals surface area contributed by atoms with E-state index in [1.807, 2.05) is 87.3 Å². The van der Waals surface area contributed by atoms with E-state index < -0.39 is 46.4 Å². The highest BCUT2D eigenvalue weighted by Crippen LogP contribution is 2.51.